The van der Waals surface area contributed by atoms with E-state index in [0.717, 1.165) is 25.4 Å². The van der Waals surface area contributed by atoms with E-state index in [1.54, 1.807) is 7.11 Å². The lowest BCUT2D eigenvalue weighted by atomic mass is 9.91. The van der Waals surface area contributed by atoms with Crippen molar-refractivity contribution in [2.24, 2.45) is 5.92 Å². The molecule has 0 aliphatic heterocycles. The maximum absolute atomic E-state index is 5.85. The fraction of sp³-hybridized carbons (Fsp3) is 1.00. The van der Waals surface area contributed by atoms with E-state index in [1.165, 1.54) is 6.42 Å². The number of alkyl halides is 1. The summed E-state index contributed by atoms with van der Waals surface area (Å²) in [5.41, 5.74) is 0. The first-order valence-corrected chi connectivity index (χ1v) is 7.43. The van der Waals surface area contributed by atoms with E-state index < -0.39 is 0 Å². The smallest absolute Gasteiger partial charge is 0.0963 e. The number of halogens is 1. The molecule has 0 aromatic carbocycles. The number of hydrogen-bond acceptors (Lipinski definition) is 3. The lowest BCUT2D eigenvalue weighted by molar-refractivity contribution is -0.127. The second-order valence-corrected chi connectivity index (χ2v) is 6.20. The van der Waals surface area contributed by atoms with Gasteiger partial charge in [-0.1, -0.05) is 29.8 Å². The summed E-state index contributed by atoms with van der Waals surface area (Å²) in [5.74, 6) is 0.762. The van der Waals surface area contributed by atoms with Crippen molar-refractivity contribution >= 4 is 15.9 Å². The number of hydrogen-bond donors (Lipinski definition) is 0. The summed E-state index contributed by atoms with van der Waals surface area (Å²) in [5, 5.41) is 0. The van der Waals surface area contributed by atoms with Gasteiger partial charge in [-0.15, -0.1) is 0 Å². The molecule has 0 amide bonds. The van der Waals surface area contributed by atoms with Crippen LogP contribution in [0.4, 0.5) is 0 Å². The lowest BCUT2D eigenvalue weighted by Crippen LogP contribution is -2.51. The summed E-state index contributed by atoms with van der Waals surface area (Å²) >= 11 is 3.61. The standard InChI is InChI=1S/C13H25BrO3/c1-10(2)5-4-6-16-12-9-11(14)13(12)17-8-7-15-3/h10-13H,4-9H2,1-3H3. The Kier molecular flexibility index (Phi) is 7.67. The molecule has 17 heavy (non-hydrogen) atoms. The molecule has 1 rings (SSSR count). The Hall–Kier alpha value is 0.360. The van der Waals surface area contributed by atoms with Crippen LogP contribution in [-0.2, 0) is 14.2 Å². The summed E-state index contributed by atoms with van der Waals surface area (Å²) in [4.78, 5) is 0.439. The predicted molar refractivity (Wildman–Crippen MR) is 72.8 cm³/mol. The van der Waals surface area contributed by atoms with Crippen LogP contribution < -0.4 is 0 Å². The Balaban J connectivity index is 2.07. The fourth-order valence-electron chi connectivity index (χ4n) is 1.90. The average molecular weight is 309 g/mol. The van der Waals surface area contributed by atoms with Crippen LogP contribution in [0, 0.1) is 5.92 Å². The van der Waals surface area contributed by atoms with Crippen LogP contribution in [-0.4, -0.2) is 44.0 Å². The van der Waals surface area contributed by atoms with Gasteiger partial charge in [-0.25, -0.2) is 0 Å². The van der Waals surface area contributed by atoms with Crippen LogP contribution >= 0.6 is 15.9 Å². The summed E-state index contributed by atoms with van der Waals surface area (Å²) < 4.78 is 16.5. The Labute approximate surface area is 113 Å². The highest BCUT2D eigenvalue weighted by Gasteiger charge is 2.41. The van der Waals surface area contributed by atoms with Gasteiger partial charge in [0.25, 0.3) is 0 Å². The minimum Gasteiger partial charge on any atom is -0.382 e. The molecule has 3 nitrogen and oxygen atoms in total. The van der Waals surface area contributed by atoms with E-state index in [-0.39, 0.29) is 12.2 Å². The first kappa shape index (κ1) is 15.4. The van der Waals surface area contributed by atoms with Gasteiger partial charge >= 0.3 is 0 Å². The number of ether oxygens (including phenoxy) is 3. The maximum atomic E-state index is 5.85. The number of methoxy groups -OCH3 is 1. The molecular formula is C13H25BrO3. The maximum Gasteiger partial charge on any atom is 0.0963 e. The summed E-state index contributed by atoms with van der Waals surface area (Å²) in [7, 11) is 1.69. The van der Waals surface area contributed by atoms with E-state index in [9.17, 15) is 0 Å². The molecule has 102 valence electrons. The normalized spacial score (nSPS) is 28.4. The van der Waals surface area contributed by atoms with Gasteiger partial charge in [0.1, 0.15) is 0 Å². The number of rotatable bonds is 9. The molecule has 0 N–H and O–H groups in total. The van der Waals surface area contributed by atoms with Crippen LogP contribution in [0.1, 0.15) is 33.1 Å². The van der Waals surface area contributed by atoms with Crippen LogP contribution in [0.15, 0.2) is 0 Å². The van der Waals surface area contributed by atoms with Gasteiger partial charge in [0.15, 0.2) is 0 Å². The SMILES string of the molecule is COCCOC1C(Br)CC1OCCCC(C)C. The van der Waals surface area contributed by atoms with E-state index in [0.29, 0.717) is 18.0 Å². The molecule has 3 atom stereocenters. The van der Waals surface area contributed by atoms with Crippen molar-refractivity contribution in [2.75, 3.05) is 26.9 Å². The molecule has 1 saturated carbocycles. The Bertz CT molecular complexity index is 199. The molecule has 0 aromatic heterocycles. The average Bonchev–Trinajstić information content (AvgIpc) is 2.28. The van der Waals surface area contributed by atoms with E-state index in [2.05, 4.69) is 29.8 Å². The topological polar surface area (TPSA) is 27.7 Å². The van der Waals surface area contributed by atoms with Gasteiger partial charge in [-0.3, -0.25) is 0 Å². The van der Waals surface area contributed by atoms with Gasteiger partial charge in [-0.2, -0.15) is 0 Å². The van der Waals surface area contributed by atoms with Crippen molar-refractivity contribution in [1.29, 1.82) is 0 Å². The van der Waals surface area contributed by atoms with Crippen molar-refractivity contribution in [2.45, 2.75) is 50.1 Å². The summed E-state index contributed by atoms with van der Waals surface area (Å²) in [6, 6.07) is 0. The van der Waals surface area contributed by atoms with Crippen molar-refractivity contribution in [3.05, 3.63) is 0 Å². The molecule has 4 heteroatoms. The zero-order valence-electron chi connectivity index (χ0n) is 11.2. The largest absolute Gasteiger partial charge is 0.382 e. The highest BCUT2D eigenvalue weighted by atomic mass is 79.9. The molecule has 0 heterocycles. The van der Waals surface area contributed by atoms with E-state index in [4.69, 9.17) is 14.2 Å². The summed E-state index contributed by atoms with van der Waals surface area (Å²) in [6.07, 6.45) is 3.90. The van der Waals surface area contributed by atoms with Gasteiger partial charge in [-0.05, 0) is 25.2 Å². The third-order valence-electron chi connectivity index (χ3n) is 3.04. The molecular weight excluding hydrogens is 284 g/mol. The predicted octanol–water partition coefficient (Wildman–Crippen LogP) is 3.01. The molecule has 1 fully saturated rings. The van der Waals surface area contributed by atoms with Crippen LogP contribution in [0.25, 0.3) is 0 Å². The van der Waals surface area contributed by atoms with Gasteiger partial charge < -0.3 is 14.2 Å². The van der Waals surface area contributed by atoms with Crippen LogP contribution in [0.3, 0.4) is 0 Å². The third-order valence-corrected chi connectivity index (χ3v) is 3.93. The second-order valence-electron chi connectivity index (χ2n) is 5.03. The minimum atomic E-state index is 0.198. The van der Waals surface area contributed by atoms with Crippen molar-refractivity contribution in [3.63, 3.8) is 0 Å². The van der Waals surface area contributed by atoms with Crippen molar-refractivity contribution in [1.82, 2.24) is 0 Å². The Morgan fingerprint density at radius 2 is 1.94 bits per heavy atom. The van der Waals surface area contributed by atoms with Crippen LogP contribution in [0.5, 0.6) is 0 Å². The third kappa shape index (κ3) is 5.69. The molecule has 1 aliphatic rings. The summed E-state index contributed by atoms with van der Waals surface area (Å²) in [6.45, 7) is 6.64. The molecule has 0 spiro atoms. The molecule has 3 unspecified atom stereocenters. The highest BCUT2D eigenvalue weighted by Crippen LogP contribution is 2.33. The Morgan fingerprint density at radius 3 is 2.53 bits per heavy atom. The molecule has 0 radical (unpaired) electrons. The minimum absolute atomic E-state index is 0.198. The quantitative estimate of drug-likeness (QED) is 0.484. The van der Waals surface area contributed by atoms with Gasteiger partial charge in [0, 0.05) is 18.5 Å². The fourth-order valence-corrected chi connectivity index (χ4v) is 2.76. The molecule has 1 aliphatic carbocycles. The molecule has 0 bridgehead atoms. The molecule has 0 aromatic rings. The monoisotopic (exact) mass is 308 g/mol. The second kappa shape index (κ2) is 8.46. The van der Waals surface area contributed by atoms with Crippen LogP contribution in [0.2, 0.25) is 0 Å². The van der Waals surface area contributed by atoms with E-state index >= 15 is 0 Å². The van der Waals surface area contributed by atoms with Crippen molar-refractivity contribution < 1.29 is 14.2 Å². The zero-order valence-corrected chi connectivity index (χ0v) is 12.7. The van der Waals surface area contributed by atoms with Crippen molar-refractivity contribution in [3.8, 4) is 0 Å². The van der Waals surface area contributed by atoms with E-state index in [1.807, 2.05) is 0 Å². The van der Waals surface area contributed by atoms with Gasteiger partial charge in [0.05, 0.1) is 25.4 Å². The lowest BCUT2D eigenvalue weighted by Gasteiger charge is -2.40. The molecule has 0 saturated heterocycles. The highest BCUT2D eigenvalue weighted by molar-refractivity contribution is 9.09. The zero-order chi connectivity index (χ0) is 12.7. The first-order valence-electron chi connectivity index (χ1n) is 6.51. The van der Waals surface area contributed by atoms with Gasteiger partial charge in [0.2, 0.25) is 0 Å². The first-order chi connectivity index (χ1) is 8.15. The Morgan fingerprint density at radius 1 is 1.18 bits per heavy atom.